The summed E-state index contributed by atoms with van der Waals surface area (Å²) in [6, 6.07) is 8.37. The standard InChI is InChI=1S/C29H47N3O/c1-4-7-12-24(6-3)22-30-29(33)27-23-32(28-15-10-9-14-26(27)28)19-11-18-31-20-16-25(17-21-31)13-8-5-2/h9-10,14-15,23-25H,4-8,11-13,16-22H2,1-3H3,(H,30,33). The van der Waals surface area contributed by atoms with Gasteiger partial charge in [0.2, 0.25) is 0 Å². The predicted octanol–water partition coefficient (Wildman–Crippen LogP) is 6.88. The van der Waals surface area contributed by atoms with E-state index in [-0.39, 0.29) is 5.91 Å². The van der Waals surface area contributed by atoms with Crippen LogP contribution in [0.15, 0.2) is 30.5 Å². The highest BCUT2D eigenvalue weighted by Gasteiger charge is 2.19. The number of hydrogen-bond donors (Lipinski definition) is 1. The summed E-state index contributed by atoms with van der Waals surface area (Å²) in [5, 5.41) is 4.31. The van der Waals surface area contributed by atoms with Crippen molar-refractivity contribution in [3.63, 3.8) is 0 Å². The van der Waals surface area contributed by atoms with Crippen molar-refractivity contribution in [1.29, 1.82) is 0 Å². The second-order valence-corrected chi connectivity index (χ2v) is 10.2. The Kier molecular flexibility index (Phi) is 10.8. The van der Waals surface area contributed by atoms with Gasteiger partial charge in [0.15, 0.2) is 0 Å². The Morgan fingerprint density at radius 3 is 2.52 bits per heavy atom. The van der Waals surface area contributed by atoms with Crippen molar-refractivity contribution >= 4 is 16.8 Å². The van der Waals surface area contributed by atoms with Gasteiger partial charge in [-0.2, -0.15) is 0 Å². The number of benzene rings is 1. The lowest BCUT2D eigenvalue weighted by Gasteiger charge is -2.32. The number of amides is 1. The molecule has 1 aromatic heterocycles. The molecule has 1 aliphatic heterocycles. The number of aromatic nitrogens is 1. The summed E-state index contributed by atoms with van der Waals surface area (Å²) in [7, 11) is 0. The SMILES string of the molecule is CCCCC1CCN(CCCn2cc(C(=O)NCC(CC)CCCC)c3ccccc32)CC1. The number of rotatable bonds is 14. The van der Waals surface area contributed by atoms with Crippen LogP contribution in [0.3, 0.4) is 0 Å². The Balaban J connectivity index is 1.53. The molecule has 0 aliphatic carbocycles. The number of carbonyl (C=O) groups excluding carboxylic acids is 1. The normalized spacial score (nSPS) is 16.3. The van der Waals surface area contributed by atoms with Crippen LogP contribution < -0.4 is 5.32 Å². The van der Waals surface area contributed by atoms with E-state index in [0.717, 1.165) is 49.3 Å². The van der Waals surface area contributed by atoms with E-state index in [1.54, 1.807) is 0 Å². The van der Waals surface area contributed by atoms with Crippen molar-refractivity contribution in [1.82, 2.24) is 14.8 Å². The molecular weight excluding hydrogens is 406 g/mol. The molecule has 0 bridgehead atoms. The van der Waals surface area contributed by atoms with Crippen molar-refractivity contribution in [2.75, 3.05) is 26.2 Å². The number of piperidine rings is 1. The quantitative estimate of drug-likeness (QED) is 0.338. The molecule has 1 aromatic carbocycles. The molecule has 2 heterocycles. The third-order valence-electron chi connectivity index (χ3n) is 7.67. The van der Waals surface area contributed by atoms with E-state index in [0.29, 0.717) is 5.92 Å². The van der Waals surface area contributed by atoms with Gasteiger partial charge in [0, 0.05) is 30.2 Å². The van der Waals surface area contributed by atoms with Gasteiger partial charge in [-0.15, -0.1) is 0 Å². The number of carbonyl (C=O) groups is 1. The van der Waals surface area contributed by atoms with Gasteiger partial charge in [-0.05, 0) is 63.2 Å². The van der Waals surface area contributed by atoms with Crippen LogP contribution in [0.4, 0.5) is 0 Å². The summed E-state index contributed by atoms with van der Waals surface area (Å²) < 4.78 is 2.30. The average Bonchev–Trinajstić information content (AvgIpc) is 3.22. The van der Waals surface area contributed by atoms with E-state index >= 15 is 0 Å². The zero-order chi connectivity index (χ0) is 23.5. The molecule has 0 spiro atoms. The molecule has 1 saturated heterocycles. The highest BCUT2D eigenvalue weighted by molar-refractivity contribution is 6.07. The molecular formula is C29H47N3O. The van der Waals surface area contributed by atoms with Crippen LogP contribution >= 0.6 is 0 Å². The fourth-order valence-corrected chi connectivity index (χ4v) is 5.34. The number of aryl methyl sites for hydroxylation is 1. The van der Waals surface area contributed by atoms with E-state index < -0.39 is 0 Å². The average molecular weight is 454 g/mol. The maximum Gasteiger partial charge on any atom is 0.253 e. The molecule has 0 saturated carbocycles. The van der Waals surface area contributed by atoms with Crippen molar-refractivity contribution in [3.8, 4) is 0 Å². The van der Waals surface area contributed by atoms with E-state index in [9.17, 15) is 4.79 Å². The predicted molar refractivity (Wildman–Crippen MR) is 141 cm³/mol. The number of hydrogen-bond acceptors (Lipinski definition) is 2. The molecule has 1 fully saturated rings. The van der Waals surface area contributed by atoms with Crippen LogP contribution in [0.1, 0.15) is 95.3 Å². The van der Waals surface area contributed by atoms with Crippen LogP contribution in [0, 0.1) is 11.8 Å². The number of nitrogens with one attached hydrogen (secondary N) is 1. The zero-order valence-electron chi connectivity index (χ0n) is 21.5. The van der Waals surface area contributed by atoms with Gasteiger partial charge < -0.3 is 14.8 Å². The molecule has 1 unspecified atom stereocenters. The molecule has 1 N–H and O–H groups in total. The first-order valence-electron chi connectivity index (χ1n) is 13.7. The summed E-state index contributed by atoms with van der Waals surface area (Å²) in [6.07, 6.45) is 14.9. The smallest absolute Gasteiger partial charge is 0.253 e. The first-order chi connectivity index (χ1) is 16.2. The molecule has 184 valence electrons. The minimum absolute atomic E-state index is 0.0778. The van der Waals surface area contributed by atoms with E-state index in [2.05, 4.69) is 60.0 Å². The maximum atomic E-state index is 13.1. The first kappa shape index (κ1) is 25.8. The second kappa shape index (κ2) is 13.8. The highest BCUT2D eigenvalue weighted by Crippen LogP contribution is 2.24. The zero-order valence-corrected chi connectivity index (χ0v) is 21.5. The molecule has 4 heteroatoms. The topological polar surface area (TPSA) is 37.3 Å². The van der Waals surface area contributed by atoms with Crippen LogP contribution in [-0.2, 0) is 6.54 Å². The Bertz CT molecular complexity index is 835. The van der Waals surface area contributed by atoms with E-state index in [4.69, 9.17) is 0 Å². The van der Waals surface area contributed by atoms with Gasteiger partial charge in [-0.3, -0.25) is 4.79 Å². The lowest BCUT2D eigenvalue weighted by molar-refractivity contribution is 0.0947. The monoisotopic (exact) mass is 453 g/mol. The summed E-state index contributed by atoms with van der Waals surface area (Å²) in [5.41, 5.74) is 2.01. The minimum Gasteiger partial charge on any atom is -0.352 e. The van der Waals surface area contributed by atoms with Crippen molar-refractivity contribution in [2.24, 2.45) is 11.8 Å². The van der Waals surface area contributed by atoms with E-state index in [1.807, 2.05) is 6.07 Å². The van der Waals surface area contributed by atoms with Crippen LogP contribution in [0.5, 0.6) is 0 Å². The Labute approximate surface area is 202 Å². The summed E-state index contributed by atoms with van der Waals surface area (Å²) >= 11 is 0. The molecule has 33 heavy (non-hydrogen) atoms. The van der Waals surface area contributed by atoms with Crippen molar-refractivity contribution < 1.29 is 4.79 Å². The fourth-order valence-electron chi connectivity index (χ4n) is 5.34. The van der Waals surface area contributed by atoms with Gasteiger partial charge in [-0.1, -0.05) is 77.5 Å². The third-order valence-corrected chi connectivity index (χ3v) is 7.67. The van der Waals surface area contributed by atoms with E-state index in [1.165, 1.54) is 70.0 Å². The molecule has 3 rings (SSSR count). The van der Waals surface area contributed by atoms with Crippen molar-refractivity contribution in [3.05, 3.63) is 36.0 Å². The van der Waals surface area contributed by atoms with Gasteiger partial charge in [0.05, 0.1) is 5.56 Å². The maximum absolute atomic E-state index is 13.1. The molecule has 0 radical (unpaired) electrons. The van der Waals surface area contributed by atoms with Crippen LogP contribution in [0.25, 0.3) is 10.9 Å². The molecule has 4 nitrogen and oxygen atoms in total. The molecule has 2 aromatic rings. The van der Waals surface area contributed by atoms with Gasteiger partial charge in [0.1, 0.15) is 0 Å². The Morgan fingerprint density at radius 2 is 1.79 bits per heavy atom. The Hall–Kier alpha value is -1.81. The second-order valence-electron chi connectivity index (χ2n) is 10.2. The number of unbranched alkanes of at least 4 members (excludes halogenated alkanes) is 2. The first-order valence-corrected chi connectivity index (χ1v) is 13.7. The molecule has 1 atom stereocenters. The molecule has 1 amide bonds. The minimum atomic E-state index is 0.0778. The largest absolute Gasteiger partial charge is 0.352 e. The summed E-state index contributed by atoms with van der Waals surface area (Å²) in [4.78, 5) is 15.7. The van der Waals surface area contributed by atoms with Crippen molar-refractivity contribution in [2.45, 2.75) is 91.5 Å². The fraction of sp³-hybridized carbons (Fsp3) is 0.690. The number of nitrogens with zero attached hydrogens (tertiary/aromatic N) is 2. The van der Waals surface area contributed by atoms with Gasteiger partial charge in [-0.25, -0.2) is 0 Å². The third kappa shape index (κ3) is 7.60. The van der Waals surface area contributed by atoms with Gasteiger partial charge >= 0.3 is 0 Å². The Morgan fingerprint density at radius 1 is 1.03 bits per heavy atom. The number of fused-ring (bicyclic) bond motifs is 1. The number of likely N-dealkylation sites (tertiary alicyclic amines) is 1. The highest BCUT2D eigenvalue weighted by atomic mass is 16.1. The summed E-state index contributed by atoms with van der Waals surface area (Å²) in [5.74, 6) is 1.60. The van der Waals surface area contributed by atoms with Gasteiger partial charge in [0.25, 0.3) is 5.91 Å². The lowest BCUT2D eigenvalue weighted by atomic mass is 9.91. The van der Waals surface area contributed by atoms with Crippen LogP contribution in [0.2, 0.25) is 0 Å². The van der Waals surface area contributed by atoms with Crippen LogP contribution in [-0.4, -0.2) is 41.6 Å². The number of para-hydroxylation sites is 1. The summed E-state index contributed by atoms with van der Waals surface area (Å²) in [6.45, 7) is 12.2. The molecule has 1 aliphatic rings. The lowest BCUT2D eigenvalue weighted by Crippen LogP contribution is -2.34.